The lowest BCUT2D eigenvalue weighted by Gasteiger charge is -2.13. The first-order chi connectivity index (χ1) is 10.1. The standard InChI is InChI=1S/C17H21NO2S/c1-3-4-5-6-7-8-9-13-16-18(21(2,19)20)17-14-11-10-12-15-17/h10-12,14-15H,3-7H2,1-2H3. The summed E-state index contributed by atoms with van der Waals surface area (Å²) in [6, 6.07) is 11.4. The van der Waals surface area contributed by atoms with Crippen molar-refractivity contribution in [1.29, 1.82) is 0 Å². The van der Waals surface area contributed by atoms with Crippen LogP contribution in [0.4, 0.5) is 5.69 Å². The fraction of sp³-hybridized carbons (Fsp3) is 0.412. The van der Waals surface area contributed by atoms with Gasteiger partial charge in [-0.2, -0.15) is 4.31 Å². The minimum Gasteiger partial charge on any atom is -0.206 e. The van der Waals surface area contributed by atoms with E-state index in [4.69, 9.17) is 0 Å². The highest BCUT2D eigenvalue weighted by atomic mass is 32.2. The van der Waals surface area contributed by atoms with Crippen LogP contribution in [0.3, 0.4) is 0 Å². The third-order valence-electron chi connectivity index (χ3n) is 2.79. The second kappa shape index (κ2) is 9.10. The summed E-state index contributed by atoms with van der Waals surface area (Å²) in [4.78, 5) is 0. The van der Waals surface area contributed by atoms with Gasteiger partial charge in [-0.05, 0) is 24.5 Å². The normalized spacial score (nSPS) is 10.0. The SMILES string of the molecule is CCCCCCC#CC#CN(c1ccccc1)S(C)(=O)=O. The van der Waals surface area contributed by atoms with Crippen LogP contribution in [0.2, 0.25) is 0 Å². The van der Waals surface area contributed by atoms with Gasteiger partial charge in [0.1, 0.15) is 0 Å². The predicted octanol–water partition coefficient (Wildman–Crippen LogP) is 3.39. The van der Waals surface area contributed by atoms with Crippen molar-refractivity contribution in [3.05, 3.63) is 30.3 Å². The summed E-state index contributed by atoms with van der Waals surface area (Å²) < 4.78 is 24.5. The highest BCUT2D eigenvalue weighted by Gasteiger charge is 2.14. The minimum atomic E-state index is -3.43. The molecular formula is C17H21NO2S. The van der Waals surface area contributed by atoms with Crippen LogP contribution >= 0.6 is 0 Å². The molecule has 1 aromatic rings. The predicted molar refractivity (Wildman–Crippen MR) is 88.1 cm³/mol. The molecule has 0 heterocycles. The first kappa shape index (κ1) is 17.1. The van der Waals surface area contributed by atoms with Gasteiger partial charge in [-0.3, -0.25) is 0 Å². The van der Waals surface area contributed by atoms with E-state index in [1.54, 1.807) is 24.3 Å². The maximum absolute atomic E-state index is 11.7. The van der Waals surface area contributed by atoms with Crippen molar-refractivity contribution in [3.63, 3.8) is 0 Å². The molecule has 1 aromatic carbocycles. The Balaban J connectivity index is 2.69. The fourth-order valence-corrected chi connectivity index (χ4v) is 2.44. The topological polar surface area (TPSA) is 37.4 Å². The number of benzene rings is 1. The number of para-hydroxylation sites is 1. The number of sulfonamides is 1. The van der Waals surface area contributed by atoms with Gasteiger partial charge in [0.2, 0.25) is 10.0 Å². The Hall–Kier alpha value is -1.91. The van der Waals surface area contributed by atoms with Crippen LogP contribution in [0, 0.1) is 23.8 Å². The van der Waals surface area contributed by atoms with E-state index < -0.39 is 10.0 Å². The molecule has 21 heavy (non-hydrogen) atoms. The highest BCUT2D eigenvalue weighted by Crippen LogP contribution is 2.15. The number of hydrogen-bond acceptors (Lipinski definition) is 2. The molecule has 0 radical (unpaired) electrons. The van der Waals surface area contributed by atoms with E-state index in [-0.39, 0.29) is 0 Å². The van der Waals surface area contributed by atoms with Gasteiger partial charge in [0.05, 0.1) is 11.9 Å². The lowest BCUT2D eigenvalue weighted by molar-refractivity contribution is 0.602. The third-order valence-corrected chi connectivity index (χ3v) is 3.75. The number of rotatable bonds is 6. The van der Waals surface area contributed by atoms with Gasteiger partial charge in [0, 0.05) is 18.4 Å². The molecule has 0 amide bonds. The molecule has 0 bridgehead atoms. The molecule has 0 saturated carbocycles. The Labute approximate surface area is 128 Å². The van der Waals surface area contributed by atoms with Gasteiger partial charge >= 0.3 is 0 Å². The molecule has 0 saturated heterocycles. The van der Waals surface area contributed by atoms with Gasteiger partial charge in [-0.1, -0.05) is 50.3 Å². The van der Waals surface area contributed by atoms with Crippen LogP contribution < -0.4 is 4.31 Å². The zero-order valence-electron chi connectivity index (χ0n) is 12.6. The Bertz CT molecular complexity index is 643. The summed E-state index contributed by atoms with van der Waals surface area (Å²) in [7, 11) is -3.43. The van der Waals surface area contributed by atoms with Gasteiger partial charge in [-0.25, -0.2) is 8.42 Å². The van der Waals surface area contributed by atoms with Crippen LogP contribution in [0.15, 0.2) is 30.3 Å². The number of unbranched alkanes of at least 4 members (excludes halogenated alkanes) is 4. The second-order valence-electron chi connectivity index (χ2n) is 4.71. The van der Waals surface area contributed by atoms with E-state index in [0.29, 0.717) is 5.69 Å². The molecule has 1 rings (SSSR count). The van der Waals surface area contributed by atoms with Crippen molar-refractivity contribution in [2.24, 2.45) is 0 Å². The summed E-state index contributed by atoms with van der Waals surface area (Å²) >= 11 is 0. The summed E-state index contributed by atoms with van der Waals surface area (Å²) in [6.45, 7) is 2.17. The molecule has 0 fully saturated rings. The van der Waals surface area contributed by atoms with Gasteiger partial charge in [0.25, 0.3) is 0 Å². The van der Waals surface area contributed by atoms with Crippen molar-refractivity contribution < 1.29 is 8.42 Å². The Morgan fingerprint density at radius 2 is 1.76 bits per heavy atom. The van der Waals surface area contributed by atoms with Crippen molar-refractivity contribution in [1.82, 2.24) is 0 Å². The maximum Gasteiger partial charge on any atom is 0.243 e. The van der Waals surface area contributed by atoms with Crippen LogP contribution in [0.5, 0.6) is 0 Å². The Kier molecular flexibility index (Phi) is 7.43. The summed E-state index contributed by atoms with van der Waals surface area (Å²) in [5.41, 5.74) is 0.525. The van der Waals surface area contributed by atoms with Crippen molar-refractivity contribution >= 4 is 15.7 Å². The molecule has 0 aliphatic rings. The summed E-state index contributed by atoms with van der Waals surface area (Å²) in [5.74, 6) is 8.29. The van der Waals surface area contributed by atoms with Crippen LogP contribution in [0.1, 0.15) is 39.0 Å². The maximum atomic E-state index is 11.7. The summed E-state index contributed by atoms with van der Waals surface area (Å²) in [5, 5.41) is 0. The molecule has 0 unspecified atom stereocenters. The van der Waals surface area contributed by atoms with Crippen molar-refractivity contribution in [2.45, 2.75) is 39.0 Å². The first-order valence-corrected chi connectivity index (χ1v) is 8.94. The van der Waals surface area contributed by atoms with Crippen LogP contribution in [-0.4, -0.2) is 14.7 Å². The molecule has 0 spiro atoms. The molecule has 0 aromatic heterocycles. The lowest BCUT2D eigenvalue weighted by Crippen LogP contribution is -2.24. The molecule has 112 valence electrons. The lowest BCUT2D eigenvalue weighted by atomic mass is 10.2. The molecular weight excluding hydrogens is 282 g/mol. The highest BCUT2D eigenvalue weighted by molar-refractivity contribution is 7.92. The molecule has 3 nitrogen and oxygen atoms in total. The Morgan fingerprint density at radius 3 is 2.38 bits per heavy atom. The number of hydrogen-bond donors (Lipinski definition) is 0. The minimum absolute atomic E-state index is 0.525. The van der Waals surface area contributed by atoms with Crippen molar-refractivity contribution in [3.8, 4) is 23.8 Å². The average molecular weight is 303 g/mol. The van der Waals surface area contributed by atoms with Gasteiger partial charge in [-0.15, -0.1) is 0 Å². The molecule has 4 heteroatoms. The molecule has 0 atom stereocenters. The average Bonchev–Trinajstić information content (AvgIpc) is 2.45. The van der Waals surface area contributed by atoms with E-state index in [2.05, 4.69) is 30.7 Å². The van der Waals surface area contributed by atoms with E-state index in [9.17, 15) is 8.42 Å². The van der Waals surface area contributed by atoms with E-state index in [0.717, 1.165) is 23.4 Å². The molecule has 0 N–H and O–H groups in total. The molecule has 0 aliphatic heterocycles. The van der Waals surface area contributed by atoms with E-state index >= 15 is 0 Å². The zero-order valence-corrected chi connectivity index (χ0v) is 13.4. The monoisotopic (exact) mass is 303 g/mol. The zero-order chi connectivity index (χ0) is 15.6. The van der Waals surface area contributed by atoms with E-state index in [1.807, 2.05) is 6.07 Å². The van der Waals surface area contributed by atoms with Crippen LogP contribution in [-0.2, 0) is 10.0 Å². The quantitative estimate of drug-likeness (QED) is 0.459. The largest absolute Gasteiger partial charge is 0.243 e. The number of anilines is 1. The second-order valence-corrected chi connectivity index (χ2v) is 6.54. The van der Waals surface area contributed by atoms with E-state index in [1.165, 1.54) is 19.3 Å². The molecule has 0 aliphatic carbocycles. The van der Waals surface area contributed by atoms with Gasteiger partial charge in [0.15, 0.2) is 0 Å². The number of nitrogens with zero attached hydrogens (tertiary/aromatic N) is 1. The summed E-state index contributed by atoms with van der Waals surface area (Å²) in [6.07, 6.45) is 6.61. The smallest absolute Gasteiger partial charge is 0.206 e. The first-order valence-electron chi connectivity index (χ1n) is 7.09. The Morgan fingerprint density at radius 1 is 1.05 bits per heavy atom. The van der Waals surface area contributed by atoms with Crippen molar-refractivity contribution in [2.75, 3.05) is 10.6 Å². The third kappa shape index (κ3) is 6.88. The fourth-order valence-electron chi connectivity index (χ4n) is 1.73. The van der Waals surface area contributed by atoms with Crippen LogP contribution in [0.25, 0.3) is 0 Å². The van der Waals surface area contributed by atoms with Gasteiger partial charge < -0.3 is 0 Å².